The van der Waals surface area contributed by atoms with E-state index in [1.54, 1.807) is 36.4 Å². The van der Waals surface area contributed by atoms with Gasteiger partial charge in [0.15, 0.2) is 0 Å². The maximum absolute atomic E-state index is 13.0. The molecule has 0 aliphatic rings. The molecule has 1 aromatic carbocycles. The fourth-order valence-corrected chi connectivity index (χ4v) is 3.92. The fourth-order valence-electron chi connectivity index (χ4n) is 2.50. The molecule has 1 N–H and O–H groups in total. The van der Waals surface area contributed by atoms with Crippen molar-refractivity contribution in [1.82, 2.24) is 9.29 Å². The molecule has 152 valence electrons. The van der Waals surface area contributed by atoms with E-state index in [1.165, 1.54) is 25.5 Å². The van der Waals surface area contributed by atoms with Gasteiger partial charge in [0, 0.05) is 11.9 Å². The highest BCUT2D eigenvalue weighted by molar-refractivity contribution is 7.89. The average Bonchev–Trinajstić information content (AvgIpc) is 3.21. The van der Waals surface area contributed by atoms with Crippen LogP contribution in [0.25, 0.3) is 0 Å². The molecule has 0 aliphatic carbocycles. The summed E-state index contributed by atoms with van der Waals surface area (Å²) in [7, 11) is -2.48. The zero-order valence-corrected chi connectivity index (χ0v) is 17.0. The smallest absolute Gasteiger partial charge is 0.245 e. The molecule has 2 aromatic heterocycles. The number of hydrogen-bond donors (Lipinski definition) is 1. The van der Waals surface area contributed by atoms with Crippen LogP contribution in [0, 0.1) is 0 Å². The van der Waals surface area contributed by atoms with Crippen molar-refractivity contribution in [3.05, 3.63) is 71.9 Å². The molecular formula is C19H18ClN3O5S. The van der Waals surface area contributed by atoms with Gasteiger partial charge in [-0.2, -0.15) is 4.31 Å². The quantitative estimate of drug-likeness (QED) is 0.545. The highest BCUT2D eigenvalue weighted by Gasteiger charge is 2.28. The molecule has 0 spiro atoms. The molecule has 0 saturated carbocycles. The number of nitrogens with zero attached hydrogens (tertiary/aromatic N) is 2. The number of benzene rings is 1. The van der Waals surface area contributed by atoms with E-state index in [1.807, 2.05) is 0 Å². The summed E-state index contributed by atoms with van der Waals surface area (Å²) in [5.41, 5.74) is 0.513. The summed E-state index contributed by atoms with van der Waals surface area (Å²) in [6, 6.07) is 12.7. The molecule has 3 rings (SSSR count). The Bertz CT molecular complexity index is 1050. The molecule has 0 unspecified atom stereocenters. The Labute approximate surface area is 173 Å². The molecule has 29 heavy (non-hydrogen) atoms. The Kier molecular flexibility index (Phi) is 6.53. The van der Waals surface area contributed by atoms with Crippen molar-refractivity contribution in [2.24, 2.45) is 0 Å². The maximum atomic E-state index is 13.0. The third-order valence-corrected chi connectivity index (χ3v) is 5.94. The lowest BCUT2D eigenvalue weighted by Crippen LogP contribution is -2.37. The van der Waals surface area contributed by atoms with Gasteiger partial charge in [-0.1, -0.05) is 11.6 Å². The number of aromatic nitrogens is 1. The van der Waals surface area contributed by atoms with E-state index in [9.17, 15) is 13.2 Å². The van der Waals surface area contributed by atoms with Gasteiger partial charge in [-0.15, -0.1) is 0 Å². The predicted molar refractivity (Wildman–Crippen MR) is 107 cm³/mol. The Morgan fingerprint density at radius 2 is 1.97 bits per heavy atom. The van der Waals surface area contributed by atoms with Gasteiger partial charge in [-0.05, 0) is 48.5 Å². The highest BCUT2D eigenvalue weighted by atomic mass is 35.5. The minimum absolute atomic E-state index is 0.0781. The number of sulfonamides is 1. The third-order valence-electron chi connectivity index (χ3n) is 3.94. The lowest BCUT2D eigenvalue weighted by molar-refractivity contribution is -0.116. The normalized spacial score (nSPS) is 11.4. The monoisotopic (exact) mass is 435 g/mol. The second kappa shape index (κ2) is 9.08. The van der Waals surface area contributed by atoms with Gasteiger partial charge in [0.25, 0.3) is 0 Å². The number of carbonyl (C=O) groups is 1. The van der Waals surface area contributed by atoms with E-state index >= 15 is 0 Å². The molecular weight excluding hydrogens is 418 g/mol. The van der Waals surface area contributed by atoms with Crippen LogP contribution in [-0.4, -0.2) is 37.3 Å². The van der Waals surface area contributed by atoms with Gasteiger partial charge in [0.05, 0.1) is 26.5 Å². The topological polar surface area (TPSA) is 102 Å². The van der Waals surface area contributed by atoms with Crippen LogP contribution in [0.4, 0.5) is 5.69 Å². The van der Waals surface area contributed by atoms with E-state index in [-0.39, 0.29) is 16.6 Å². The first kappa shape index (κ1) is 20.8. The van der Waals surface area contributed by atoms with Gasteiger partial charge in [0.1, 0.15) is 21.6 Å². The second-order valence-electron chi connectivity index (χ2n) is 5.95. The molecule has 3 aromatic rings. The largest absolute Gasteiger partial charge is 0.497 e. The van der Waals surface area contributed by atoms with Gasteiger partial charge in [-0.3, -0.25) is 4.79 Å². The average molecular weight is 436 g/mol. The van der Waals surface area contributed by atoms with Crippen molar-refractivity contribution in [1.29, 1.82) is 0 Å². The number of carbonyl (C=O) groups excluding carboxylic acids is 1. The van der Waals surface area contributed by atoms with Crippen molar-refractivity contribution in [2.75, 3.05) is 19.0 Å². The second-order valence-corrected chi connectivity index (χ2v) is 8.27. The van der Waals surface area contributed by atoms with Gasteiger partial charge in [0.2, 0.25) is 15.9 Å². The molecule has 10 heteroatoms. The molecule has 0 radical (unpaired) electrons. The Morgan fingerprint density at radius 1 is 1.21 bits per heavy atom. The van der Waals surface area contributed by atoms with Crippen LogP contribution < -0.4 is 10.1 Å². The molecule has 0 saturated heterocycles. The minimum Gasteiger partial charge on any atom is -0.497 e. The number of rotatable bonds is 8. The molecule has 1 amide bonds. The number of furan rings is 1. The SMILES string of the molecule is COc1ccc(NC(=O)CN(Cc2ccco2)S(=O)(=O)c2ccc(Cl)nc2)cc1. The van der Waals surface area contributed by atoms with E-state index in [2.05, 4.69) is 10.3 Å². The molecule has 8 nitrogen and oxygen atoms in total. The first-order valence-corrected chi connectivity index (χ1v) is 10.3. The number of hydrogen-bond acceptors (Lipinski definition) is 6. The number of halogens is 1. The predicted octanol–water partition coefficient (Wildman–Crippen LogP) is 3.17. The van der Waals surface area contributed by atoms with Crippen LogP contribution in [0.2, 0.25) is 5.15 Å². The Morgan fingerprint density at radius 3 is 2.55 bits per heavy atom. The molecule has 0 atom stereocenters. The van der Waals surface area contributed by atoms with Crippen LogP contribution in [-0.2, 0) is 21.4 Å². The third kappa shape index (κ3) is 5.35. The maximum Gasteiger partial charge on any atom is 0.245 e. The Hall–Kier alpha value is -2.88. The number of ether oxygens (including phenoxy) is 1. The molecule has 0 fully saturated rings. The van der Waals surface area contributed by atoms with Crippen LogP contribution >= 0.6 is 11.6 Å². The number of nitrogens with one attached hydrogen (secondary N) is 1. The highest BCUT2D eigenvalue weighted by Crippen LogP contribution is 2.20. The number of anilines is 1. The van der Waals surface area contributed by atoms with Gasteiger partial charge >= 0.3 is 0 Å². The lowest BCUT2D eigenvalue weighted by atomic mass is 10.3. The van der Waals surface area contributed by atoms with Crippen molar-refractivity contribution in [3.8, 4) is 5.75 Å². The van der Waals surface area contributed by atoms with Gasteiger partial charge in [-0.25, -0.2) is 13.4 Å². The lowest BCUT2D eigenvalue weighted by Gasteiger charge is -2.20. The summed E-state index contributed by atoms with van der Waals surface area (Å²) in [6.45, 7) is -0.536. The van der Waals surface area contributed by atoms with Crippen molar-refractivity contribution >= 4 is 33.2 Å². The molecule has 0 bridgehead atoms. The Balaban J connectivity index is 1.80. The standard InChI is InChI=1S/C19H18ClN3O5S/c1-27-15-6-4-14(5-7-15)22-19(24)13-23(12-16-3-2-10-28-16)29(25,26)17-8-9-18(20)21-11-17/h2-11H,12-13H2,1H3,(H,22,24). The van der Waals surface area contributed by atoms with E-state index in [0.29, 0.717) is 17.2 Å². The van der Waals surface area contributed by atoms with Crippen molar-refractivity contribution < 1.29 is 22.4 Å². The van der Waals surface area contributed by atoms with Crippen LogP contribution in [0.3, 0.4) is 0 Å². The molecule has 2 heterocycles. The minimum atomic E-state index is -4.02. The summed E-state index contributed by atoms with van der Waals surface area (Å²) in [4.78, 5) is 16.3. The van der Waals surface area contributed by atoms with Crippen LogP contribution in [0.5, 0.6) is 5.75 Å². The van der Waals surface area contributed by atoms with Crippen molar-refractivity contribution in [3.63, 3.8) is 0 Å². The first-order chi connectivity index (χ1) is 13.9. The summed E-state index contributed by atoms with van der Waals surface area (Å²) in [6.07, 6.45) is 2.58. The van der Waals surface area contributed by atoms with Crippen molar-refractivity contribution in [2.45, 2.75) is 11.4 Å². The number of pyridine rings is 1. The molecule has 0 aliphatic heterocycles. The summed E-state index contributed by atoms with van der Waals surface area (Å²) >= 11 is 5.75. The van der Waals surface area contributed by atoms with E-state index < -0.39 is 22.5 Å². The van der Waals surface area contributed by atoms with Gasteiger partial charge < -0.3 is 14.5 Å². The van der Waals surface area contributed by atoms with E-state index in [4.69, 9.17) is 20.8 Å². The zero-order chi connectivity index (χ0) is 20.9. The summed E-state index contributed by atoms with van der Waals surface area (Å²) in [5, 5.41) is 2.83. The fraction of sp³-hybridized carbons (Fsp3) is 0.158. The number of methoxy groups -OCH3 is 1. The summed E-state index contributed by atoms with van der Waals surface area (Å²) in [5.74, 6) is 0.528. The van der Waals surface area contributed by atoms with E-state index in [0.717, 1.165) is 10.5 Å². The van der Waals surface area contributed by atoms with Crippen LogP contribution in [0.15, 0.2) is 70.3 Å². The first-order valence-electron chi connectivity index (χ1n) is 8.46. The van der Waals surface area contributed by atoms with Crippen LogP contribution in [0.1, 0.15) is 5.76 Å². The number of amides is 1. The summed E-state index contributed by atoms with van der Waals surface area (Å²) < 4.78 is 37.4. The zero-order valence-electron chi connectivity index (χ0n) is 15.4.